The summed E-state index contributed by atoms with van der Waals surface area (Å²) in [4.78, 5) is 16.0. The predicted octanol–water partition coefficient (Wildman–Crippen LogP) is 4.57. The molecule has 0 unspecified atom stereocenters. The van der Waals surface area contributed by atoms with E-state index in [-0.39, 0.29) is 12.4 Å². The second-order valence-electron chi connectivity index (χ2n) is 4.55. The number of nitrogens with zero attached hydrogens (tertiary/aromatic N) is 3. The molecule has 0 N–H and O–H groups in total. The molecular formula is C15H12ClN3O2S3. The molecule has 0 aliphatic heterocycles. The summed E-state index contributed by atoms with van der Waals surface area (Å²) in [5, 5.41) is 11.4. The molecule has 0 radical (unpaired) electrons. The van der Waals surface area contributed by atoms with Crippen LogP contribution < -0.4 is 0 Å². The summed E-state index contributed by atoms with van der Waals surface area (Å²) < 4.78 is 6.54. The summed E-state index contributed by atoms with van der Waals surface area (Å²) in [6, 6.07) is 7.56. The number of aromatic nitrogens is 3. The van der Waals surface area contributed by atoms with Crippen molar-refractivity contribution in [1.82, 2.24) is 15.2 Å². The van der Waals surface area contributed by atoms with E-state index >= 15 is 0 Å². The number of hydrogen-bond donors (Lipinski definition) is 0. The fourth-order valence-corrected chi connectivity index (χ4v) is 4.85. The SMILES string of the molecule is CCOC(=O)Cc1nnc(Sc2nc(-c3ccc(Cl)cc3)cs2)s1. The van der Waals surface area contributed by atoms with Gasteiger partial charge in [-0.05, 0) is 30.8 Å². The Labute approximate surface area is 156 Å². The summed E-state index contributed by atoms with van der Waals surface area (Å²) >= 11 is 10.3. The number of rotatable bonds is 6. The van der Waals surface area contributed by atoms with Crippen LogP contribution in [0.5, 0.6) is 0 Å². The van der Waals surface area contributed by atoms with Gasteiger partial charge in [-0.1, -0.05) is 35.1 Å². The Morgan fingerprint density at radius 1 is 1.25 bits per heavy atom. The average Bonchev–Trinajstić information content (AvgIpc) is 3.18. The molecule has 0 bridgehead atoms. The Kier molecular flexibility index (Phi) is 5.83. The van der Waals surface area contributed by atoms with Crippen LogP contribution in [0.3, 0.4) is 0 Å². The van der Waals surface area contributed by atoms with Gasteiger partial charge in [0.1, 0.15) is 5.01 Å². The summed E-state index contributed by atoms with van der Waals surface area (Å²) in [5.41, 5.74) is 1.91. The standard InChI is InChI=1S/C15H12ClN3O2S3/c1-2-21-13(20)7-12-18-19-15(23-12)24-14-17-11(8-22-14)9-3-5-10(16)6-4-9/h3-6,8H,2,7H2,1H3. The van der Waals surface area contributed by atoms with Crippen molar-refractivity contribution in [2.24, 2.45) is 0 Å². The molecule has 3 rings (SSSR count). The van der Waals surface area contributed by atoms with Crippen LogP contribution in [0.4, 0.5) is 0 Å². The maximum absolute atomic E-state index is 11.5. The van der Waals surface area contributed by atoms with Crippen molar-refractivity contribution in [3.8, 4) is 11.3 Å². The number of carbonyl (C=O) groups is 1. The highest BCUT2D eigenvalue weighted by Gasteiger charge is 2.13. The van der Waals surface area contributed by atoms with Gasteiger partial charge >= 0.3 is 5.97 Å². The van der Waals surface area contributed by atoms with Crippen molar-refractivity contribution < 1.29 is 9.53 Å². The summed E-state index contributed by atoms with van der Waals surface area (Å²) in [6.07, 6.45) is 0.153. The molecule has 0 saturated carbocycles. The lowest BCUT2D eigenvalue weighted by molar-refractivity contribution is -0.142. The van der Waals surface area contributed by atoms with Gasteiger partial charge in [-0.25, -0.2) is 4.98 Å². The topological polar surface area (TPSA) is 65.0 Å². The van der Waals surface area contributed by atoms with E-state index in [1.807, 2.05) is 29.6 Å². The molecule has 9 heteroatoms. The van der Waals surface area contributed by atoms with Crippen LogP contribution in [0.1, 0.15) is 11.9 Å². The van der Waals surface area contributed by atoms with Crippen molar-refractivity contribution >= 4 is 52.0 Å². The molecule has 1 aromatic carbocycles. The van der Waals surface area contributed by atoms with Crippen LogP contribution in [0.2, 0.25) is 5.02 Å². The Morgan fingerprint density at radius 2 is 2.04 bits per heavy atom. The van der Waals surface area contributed by atoms with E-state index in [9.17, 15) is 4.79 Å². The first-order valence-corrected chi connectivity index (χ1v) is 9.90. The quantitative estimate of drug-likeness (QED) is 0.567. The number of carbonyl (C=O) groups excluding carboxylic acids is 1. The largest absolute Gasteiger partial charge is 0.466 e. The first kappa shape index (κ1) is 17.3. The van der Waals surface area contributed by atoms with Crippen molar-refractivity contribution in [1.29, 1.82) is 0 Å². The lowest BCUT2D eigenvalue weighted by Gasteiger charge is -1.96. The van der Waals surface area contributed by atoms with E-state index in [1.54, 1.807) is 18.3 Å². The van der Waals surface area contributed by atoms with Gasteiger partial charge in [0, 0.05) is 16.0 Å². The van der Waals surface area contributed by atoms with Gasteiger partial charge in [0.25, 0.3) is 0 Å². The molecule has 3 aromatic rings. The number of ether oxygens (including phenoxy) is 1. The van der Waals surface area contributed by atoms with E-state index in [1.165, 1.54) is 23.1 Å². The highest BCUT2D eigenvalue weighted by atomic mass is 35.5. The Bertz CT molecular complexity index is 833. The fourth-order valence-electron chi connectivity index (χ4n) is 1.82. The Hall–Kier alpha value is -1.48. The molecular weight excluding hydrogens is 386 g/mol. The minimum Gasteiger partial charge on any atom is -0.466 e. The number of thiazole rings is 1. The van der Waals surface area contributed by atoms with Crippen molar-refractivity contribution in [2.45, 2.75) is 22.0 Å². The highest BCUT2D eigenvalue weighted by Crippen LogP contribution is 2.34. The van der Waals surface area contributed by atoms with Crippen LogP contribution in [0, 0.1) is 0 Å². The van der Waals surface area contributed by atoms with Crippen LogP contribution in [0.25, 0.3) is 11.3 Å². The fraction of sp³-hybridized carbons (Fsp3) is 0.200. The molecule has 24 heavy (non-hydrogen) atoms. The molecule has 0 fully saturated rings. The van der Waals surface area contributed by atoms with Crippen molar-refractivity contribution in [3.63, 3.8) is 0 Å². The van der Waals surface area contributed by atoms with Crippen LogP contribution in [-0.2, 0) is 16.0 Å². The molecule has 2 aromatic heterocycles. The summed E-state index contributed by atoms with van der Waals surface area (Å²) in [7, 11) is 0. The second-order valence-corrected chi connectivity index (χ2v) is 8.40. The van der Waals surface area contributed by atoms with E-state index in [0.29, 0.717) is 16.6 Å². The third-order valence-electron chi connectivity index (χ3n) is 2.85. The average molecular weight is 398 g/mol. The van der Waals surface area contributed by atoms with E-state index < -0.39 is 0 Å². The third kappa shape index (κ3) is 4.54. The lowest BCUT2D eigenvalue weighted by Crippen LogP contribution is -2.07. The molecule has 0 saturated heterocycles. The van der Waals surface area contributed by atoms with Crippen LogP contribution >= 0.6 is 46.0 Å². The first-order valence-electron chi connectivity index (χ1n) is 7.01. The Balaban J connectivity index is 1.66. The van der Waals surface area contributed by atoms with Gasteiger partial charge < -0.3 is 4.74 Å². The van der Waals surface area contributed by atoms with Gasteiger partial charge in [-0.2, -0.15) is 0 Å². The minimum atomic E-state index is -0.288. The zero-order chi connectivity index (χ0) is 16.9. The zero-order valence-corrected chi connectivity index (χ0v) is 15.8. The van der Waals surface area contributed by atoms with Crippen molar-refractivity contribution in [3.05, 3.63) is 39.7 Å². The number of esters is 1. The van der Waals surface area contributed by atoms with E-state index in [0.717, 1.165) is 19.9 Å². The molecule has 5 nitrogen and oxygen atoms in total. The smallest absolute Gasteiger partial charge is 0.312 e. The minimum absolute atomic E-state index is 0.153. The van der Waals surface area contributed by atoms with Crippen LogP contribution in [0.15, 0.2) is 38.3 Å². The van der Waals surface area contributed by atoms with Crippen LogP contribution in [-0.4, -0.2) is 27.8 Å². The number of benzene rings is 1. The molecule has 0 spiro atoms. The third-order valence-corrected chi connectivity index (χ3v) is 6.01. The van der Waals surface area contributed by atoms with Gasteiger partial charge in [0.15, 0.2) is 8.68 Å². The predicted molar refractivity (Wildman–Crippen MR) is 96.9 cm³/mol. The highest BCUT2D eigenvalue weighted by molar-refractivity contribution is 8.02. The maximum Gasteiger partial charge on any atom is 0.312 e. The molecule has 124 valence electrons. The summed E-state index contributed by atoms with van der Waals surface area (Å²) in [6.45, 7) is 2.14. The molecule has 0 aliphatic carbocycles. The van der Waals surface area contributed by atoms with Gasteiger partial charge in [0.2, 0.25) is 0 Å². The molecule has 2 heterocycles. The molecule has 0 aliphatic rings. The maximum atomic E-state index is 11.5. The second kappa shape index (κ2) is 8.06. The Morgan fingerprint density at radius 3 is 2.79 bits per heavy atom. The van der Waals surface area contributed by atoms with Gasteiger partial charge in [-0.3, -0.25) is 4.79 Å². The van der Waals surface area contributed by atoms with E-state index in [4.69, 9.17) is 16.3 Å². The summed E-state index contributed by atoms with van der Waals surface area (Å²) in [5.74, 6) is -0.288. The van der Waals surface area contributed by atoms with Crippen molar-refractivity contribution in [2.75, 3.05) is 6.61 Å². The van der Waals surface area contributed by atoms with Gasteiger partial charge in [-0.15, -0.1) is 21.5 Å². The zero-order valence-electron chi connectivity index (χ0n) is 12.6. The molecule has 0 atom stereocenters. The lowest BCUT2D eigenvalue weighted by atomic mass is 10.2. The first-order chi connectivity index (χ1) is 11.6. The van der Waals surface area contributed by atoms with E-state index in [2.05, 4.69) is 15.2 Å². The molecule has 0 amide bonds. The monoisotopic (exact) mass is 397 g/mol. The number of halogens is 1. The number of hydrogen-bond acceptors (Lipinski definition) is 8. The normalized spacial score (nSPS) is 10.8. The van der Waals surface area contributed by atoms with Gasteiger partial charge in [0.05, 0.1) is 18.7 Å².